The number of carbonyl (C=O) groups excluding carboxylic acids is 1. The number of amides is 1. The minimum absolute atomic E-state index is 0.0458. The molecule has 196 valence electrons. The van der Waals surface area contributed by atoms with Crippen LogP contribution in [-0.4, -0.2) is 70.4 Å². The van der Waals surface area contributed by atoms with Gasteiger partial charge in [0.1, 0.15) is 5.75 Å². The maximum absolute atomic E-state index is 12.3. The summed E-state index contributed by atoms with van der Waals surface area (Å²) in [7, 11) is -3.82. The highest BCUT2D eigenvalue weighted by atomic mass is 32.2. The van der Waals surface area contributed by atoms with Crippen molar-refractivity contribution in [1.82, 2.24) is 24.8 Å². The van der Waals surface area contributed by atoms with E-state index in [1.807, 2.05) is 0 Å². The summed E-state index contributed by atoms with van der Waals surface area (Å²) in [5, 5.41) is 17.8. The topological polar surface area (TPSA) is 129 Å². The largest absolute Gasteiger partial charge is 0.506 e. The van der Waals surface area contributed by atoms with Crippen molar-refractivity contribution in [2.24, 2.45) is 0 Å². The van der Waals surface area contributed by atoms with Crippen LogP contribution in [0.1, 0.15) is 42.4 Å². The fourth-order valence-electron chi connectivity index (χ4n) is 4.06. The molecule has 1 fully saturated rings. The first kappa shape index (κ1) is 26.5. The van der Waals surface area contributed by atoms with Gasteiger partial charge in [0.2, 0.25) is 10.0 Å². The van der Waals surface area contributed by atoms with Crippen LogP contribution in [0.3, 0.4) is 0 Å². The number of hydrogen-bond acceptors (Lipinski definition) is 9. The first-order valence-corrected chi connectivity index (χ1v) is 13.5. The lowest BCUT2D eigenvalue weighted by molar-refractivity contribution is 0.0974. The average Bonchev–Trinajstić information content (AvgIpc) is 2.84. The molecule has 11 heteroatoms. The monoisotopic (exact) mass is 524 g/mol. The standard InChI is InChI=1S/C26H32N6O4S/c1-18-13-19(5-6-22(18)20-14-21(33)16-27-15-20)17-31-9-11-32(12-10-31)24-8-7-23(28-29-24)25(34)30-37(35,36)26(2,3)4/h5-8,13-16,33H,9-12,17H2,1-4H3,(H,30,34). The quantitative estimate of drug-likeness (QED) is 0.500. The summed E-state index contributed by atoms with van der Waals surface area (Å²) < 4.78 is 25.4. The highest BCUT2D eigenvalue weighted by molar-refractivity contribution is 7.91. The second kappa shape index (κ2) is 10.4. The van der Waals surface area contributed by atoms with E-state index in [1.165, 1.54) is 38.6 Å². The molecule has 0 radical (unpaired) electrons. The van der Waals surface area contributed by atoms with Gasteiger partial charge in [-0.1, -0.05) is 18.2 Å². The van der Waals surface area contributed by atoms with Crippen LogP contribution >= 0.6 is 0 Å². The highest BCUT2D eigenvalue weighted by Gasteiger charge is 2.31. The van der Waals surface area contributed by atoms with Crippen LogP contribution in [0.2, 0.25) is 0 Å². The van der Waals surface area contributed by atoms with Gasteiger partial charge in [0.25, 0.3) is 5.91 Å². The van der Waals surface area contributed by atoms with Crippen molar-refractivity contribution in [3.05, 3.63) is 65.6 Å². The summed E-state index contributed by atoms with van der Waals surface area (Å²) in [6.45, 7) is 10.6. The smallest absolute Gasteiger partial charge is 0.285 e. The number of benzene rings is 1. The zero-order chi connectivity index (χ0) is 26.8. The molecule has 3 aromatic rings. The summed E-state index contributed by atoms with van der Waals surface area (Å²) in [5.74, 6) is 0.00478. The Morgan fingerprint density at radius 3 is 2.35 bits per heavy atom. The highest BCUT2D eigenvalue weighted by Crippen LogP contribution is 2.26. The Morgan fingerprint density at radius 2 is 1.76 bits per heavy atom. The van der Waals surface area contributed by atoms with Crippen LogP contribution in [0.5, 0.6) is 5.75 Å². The number of carbonyl (C=O) groups is 1. The Bertz CT molecular complexity index is 1380. The van der Waals surface area contributed by atoms with Gasteiger partial charge in [-0.3, -0.25) is 14.7 Å². The fourth-order valence-corrected chi connectivity index (χ4v) is 4.71. The van der Waals surface area contributed by atoms with Gasteiger partial charge in [-0.05, 0) is 62.6 Å². The second-order valence-corrected chi connectivity index (χ2v) is 12.6. The molecule has 1 amide bonds. The van der Waals surface area contributed by atoms with E-state index in [2.05, 4.69) is 54.8 Å². The second-order valence-electron chi connectivity index (χ2n) is 10.2. The average molecular weight is 525 g/mol. The van der Waals surface area contributed by atoms with Gasteiger partial charge in [-0.2, -0.15) is 0 Å². The zero-order valence-corrected chi connectivity index (χ0v) is 22.3. The van der Waals surface area contributed by atoms with E-state index in [0.29, 0.717) is 5.82 Å². The number of aromatic hydroxyl groups is 1. The van der Waals surface area contributed by atoms with Crippen molar-refractivity contribution < 1.29 is 18.3 Å². The first-order chi connectivity index (χ1) is 17.4. The molecule has 1 aliphatic heterocycles. The molecule has 0 atom stereocenters. The van der Waals surface area contributed by atoms with Crippen molar-refractivity contribution in [1.29, 1.82) is 0 Å². The van der Waals surface area contributed by atoms with Gasteiger partial charge < -0.3 is 10.0 Å². The maximum Gasteiger partial charge on any atom is 0.285 e. The molecule has 0 aliphatic carbocycles. The van der Waals surface area contributed by atoms with Gasteiger partial charge in [0.05, 0.1) is 10.9 Å². The Kier molecular flexibility index (Phi) is 7.47. The van der Waals surface area contributed by atoms with Crippen LogP contribution < -0.4 is 9.62 Å². The van der Waals surface area contributed by atoms with Gasteiger partial charge in [0.15, 0.2) is 11.5 Å². The van der Waals surface area contributed by atoms with E-state index in [0.717, 1.165) is 49.4 Å². The minimum atomic E-state index is -3.82. The van der Waals surface area contributed by atoms with E-state index in [1.54, 1.807) is 18.3 Å². The van der Waals surface area contributed by atoms with Gasteiger partial charge in [0, 0.05) is 44.5 Å². The van der Waals surface area contributed by atoms with Gasteiger partial charge in [-0.15, -0.1) is 10.2 Å². The molecule has 10 nitrogen and oxygen atoms in total. The molecular weight excluding hydrogens is 492 g/mol. The Hall–Kier alpha value is -3.57. The number of pyridine rings is 1. The molecule has 1 saturated heterocycles. The normalized spacial score (nSPS) is 15.0. The van der Waals surface area contributed by atoms with Crippen LogP contribution in [0, 0.1) is 6.92 Å². The summed E-state index contributed by atoms with van der Waals surface area (Å²) in [5.41, 5.74) is 4.22. The fraction of sp³-hybridized carbons (Fsp3) is 0.385. The lowest BCUT2D eigenvalue weighted by Crippen LogP contribution is -2.46. The number of aromatic nitrogens is 3. The molecule has 2 aromatic heterocycles. The number of hydrogen-bond donors (Lipinski definition) is 2. The molecule has 1 aromatic carbocycles. The summed E-state index contributed by atoms with van der Waals surface area (Å²) in [4.78, 5) is 20.9. The SMILES string of the molecule is Cc1cc(CN2CCN(c3ccc(C(=O)NS(=O)(=O)C(C)(C)C)nn3)CC2)ccc1-c1cncc(O)c1. The molecule has 1 aliphatic rings. The third kappa shape index (κ3) is 6.23. The van der Waals surface area contributed by atoms with E-state index in [9.17, 15) is 18.3 Å². The molecule has 0 unspecified atom stereocenters. The third-order valence-corrected chi connectivity index (χ3v) is 8.41. The van der Waals surface area contributed by atoms with Crippen LogP contribution in [-0.2, 0) is 16.6 Å². The predicted molar refractivity (Wildman–Crippen MR) is 142 cm³/mol. The number of nitrogens with zero attached hydrogens (tertiary/aromatic N) is 5. The van der Waals surface area contributed by atoms with Crippen LogP contribution in [0.15, 0.2) is 48.8 Å². The number of rotatable bonds is 6. The van der Waals surface area contributed by atoms with Crippen molar-refractivity contribution in [3.8, 4) is 16.9 Å². The van der Waals surface area contributed by atoms with E-state index in [4.69, 9.17) is 0 Å². The zero-order valence-electron chi connectivity index (χ0n) is 21.5. The Labute approximate surface area is 217 Å². The van der Waals surface area contributed by atoms with Gasteiger partial charge in [-0.25, -0.2) is 13.1 Å². The van der Waals surface area contributed by atoms with Crippen molar-refractivity contribution in [2.45, 2.75) is 39.0 Å². The van der Waals surface area contributed by atoms with Gasteiger partial charge >= 0.3 is 0 Å². The number of sulfonamides is 1. The van der Waals surface area contributed by atoms with Crippen molar-refractivity contribution in [2.75, 3.05) is 31.1 Å². The summed E-state index contributed by atoms with van der Waals surface area (Å²) in [6, 6.07) is 11.2. The Balaban J connectivity index is 1.33. The third-order valence-electron chi connectivity index (χ3n) is 6.34. The number of anilines is 1. The molecule has 0 bridgehead atoms. The van der Waals surface area contributed by atoms with Crippen LogP contribution in [0.25, 0.3) is 11.1 Å². The van der Waals surface area contributed by atoms with Crippen molar-refractivity contribution in [3.63, 3.8) is 0 Å². The molecule has 3 heterocycles. The lowest BCUT2D eigenvalue weighted by Gasteiger charge is -2.35. The molecule has 37 heavy (non-hydrogen) atoms. The van der Waals surface area contributed by atoms with E-state index < -0.39 is 20.7 Å². The minimum Gasteiger partial charge on any atom is -0.506 e. The first-order valence-electron chi connectivity index (χ1n) is 12.0. The molecule has 0 saturated carbocycles. The predicted octanol–water partition coefficient (Wildman–Crippen LogP) is 2.73. The molecular formula is C26H32N6O4S. The maximum atomic E-state index is 12.3. The van der Waals surface area contributed by atoms with E-state index >= 15 is 0 Å². The van der Waals surface area contributed by atoms with E-state index in [-0.39, 0.29) is 11.4 Å². The van der Waals surface area contributed by atoms with Crippen molar-refractivity contribution >= 4 is 21.7 Å². The lowest BCUT2D eigenvalue weighted by atomic mass is 9.99. The number of aryl methyl sites for hydroxylation is 1. The summed E-state index contributed by atoms with van der Waals surface area (Å²) >= 11 is 0. The summed E-state index contributed by atoms with van der Waals surface area (Å²) in [6.07, 6.45) is 3.17. The molecule has 4 rings (SSSR count). The number of nitrogens with one attached hydrogen (secondary N) is 1. The molecule has 2 N–H and O–H groups in total. The Morgan fingerprint density at radius 1 is 1.03 bits per heavy atom. The van der Waals surface area contributed by atoms with Crippen LogP contribution in [0.4, 0.5) is 5.82 Å². The number of piperazine rings is 1. The molecule has 0 spiro atoms.